The lowest BCUT2D eigenvalue weighted by Gasteiger charge is -2.23. The first-order valence-corrected chi connectivity index (χ1v) is 25.0. The van der Waals surface area contributed by atoms with Gasteiger partial charge in [-0.15, -0.1) is 0 Å². The van der Waals surface area contributed by atoms with Crippen LogP contribution in [0.4, 0.5) is 0 Å². The molecule has 8 aromatic carbocycles. The fourth-order valence-corrected chi connectivity index (χ4v) is 11.0. The molecule has 0 saturated heterocycles. The van der Waals surface area contributed by atoms with E-state index >= 15 is 0 Å². The zero-order valence-corrected chi connectivity index (χ0v) is 41.7. The van der Waals surface area contributed by atoms with Crippen LogP contribution in [-0.4, -0.2) is 24.9 Å². The van der Waals surface area contributed by atoms with Gasteiger partial charge >= 0.3 is 0 Å². The van der Waals surface area contributed by atoms with Crippen LogP contribution >= 0.6 is 0 Å². The van der Waals surface area contributed by atoms with Crippen molar-refractivity contribution in [3.05, 3.63) is 259 Å². The zero-order chi connectivity index (χ0) is 49.8. The van der Waals surface area contributed by atoms with Gasteiger partial charge in [-0.2, -0.15) is 0 Å². The molecule has 12 rings (SSSR count). The Bertz CT molecular complexity index is 3860. The molecule has 350 valence electrons. The molecule has 0 N–H and O–H groups in total. The molecule has 73 heavy (non-hydrogen) atoms. The molecule has 0 atom stereocenters. The third-order valence-corrected chi connectivity index (χ3v) is 15.0. The van der Waals surface area contributed by atoms with Crippen LogP contribution in [0.2, 0.25) is 0 Å². The van der Waals surface area contributed by atoms with E-state index in [1.165, 1.54) is 50.1 Å². The SMILES string of the molecule is C=C/C(=C\C1=C(C)c2ccccc2C1(C)C)c1nc(-c2cccc(-c3cccc(-c4cc(-c5ccccc5)nc(-c5ccc(-c6ccccc6)cc5)n4)c3)c2)nc(-c2ccc3c(c2)C(C)(C)c2ccccc2-3)n1. The Morgan fingerprint density at radius 1 is 0.370 bits per heavy atom. The predicted octanol–water partition coefficient (Wildman–Crippen LogP) is 17.0. The van der Waals surface area contributed by atoms with Crippen LogP contribution in [0.15, 0.2) is 231 Å². The Labute approximate surface area is 428 Å². The summed E-state index contributed by atoms with van der Waals surface area (Å²) in [5.41, 5.74) is 21.4. The van der Waals surface area contributed by atoms with Gasteiger partial charge in [0.05, 0.1) is 11.4 Å². The molecule has 0 amide bonds. The molecule has 2 aliphatic carbocycles. The second kappa shape index (κ2) is 18.0. The number of hydrogen-bond donors (Lipinski definition) is 0. The van der Waals surface area contributed by atoms with Crippen LogP contribution < -0.4 is 0 Å². The molecule has 0 fully saturated rings. The topological polar surface area (TPSA) is 64.5 Å². The number of nitrogens with zero attached hydrogens (tertiary/aromatic N) is 5. The van der Waals surface area contributed by atoms with Crippen LogP contribution in [0.1, 0.15) is 62.7 Å². The maximum Gasteiger partial charge on any atom is 0.164 e. The van der Waals surface area contributed by atoms with Crippen LogP contribution in [-0.2, 0) is 10.8 Å². The number of allylic oxidation sites excluding steroid dienone is 5. The van der Waals surface area contributed by atoms with Crippen molar-refractivity contribution in [2.45, 2.75) is 45.4 Å². The van der Waals surface area contributed by atoms with Gasteiger partial charge in [0, 0.05) is 44.2 Å². The van der Waals surface area contributed by atoms with Gasteiger partial charge in [0.25, 0.3) is 0 Å². The Morgan fingerprint density at radius 2 is 0.836 bits per heavy atom. The molecule has 5 nitrogen and oxygen atoms in total. The Kier molecular flexibility index (Phi) is 11.2. The standard InChI is InChI=1S/C68H53N5/c1-7-44(40-59-43(2)54-28-14-16-30-57(54)67(59,3)4)63-71-65(73-66(72-63)53-36-37-56-55-29-15-17-31-58(55)68(5,6)60(56)41-53)52-27-19-25-50(39-52)49-24-18-26-51(38-49)62-42-61(47-22-12-9-13-23-47)69-64(70-62)48-34-32-46(33-35-48)45-20-10-8-11-21-45/h7-42H,1H2,2-6H3/b44-40+. The molecule has 0 bridgehead atoms. The number of aromatic nitrogens is 5. The lowest BCUT2D eigenvalue weighted by Crippen LogP contribution is -2.16. The van der Waals surface area contributed by atoms with E-state index in [9.17, 15) is 0 Å². The number of fused-ring (bicyclic) bond motifs is 4. The summed E-state index contributed by atoms with van der Waals surface area (Å²) in [5.74, 6) is 2.43. The van der Waals surface area contributed by atoms with Crippen LogP contribution in [0, 0.1) is 0 Å². The number of benzene rings is 8. The van der Waals surface area contributed by atoms with E-state index in [1.807, 2.05) is 30.3 Å². The summed E-state index contributed by atoms with van der Waals surface area (Å²) in [5, 5.41) is 0. The zero-order valence-electron chi connectivity index (χ0n) is 41.7. The summed E-state index contributed by atoms with van der Waals surface area (Å²) >= 11 is 0. The first kappa shape index (κ1) is 45.2. The largest absolute Gasteiger partial charge is 0.228 e. The number of hydrogen-bond acceptors (Lipinski definition) is 5. The molecule has 5 heteroatoms. The molecule has 0 spiro atoms. The average molecular weight is 940 g/mol. The third kappa shape index (κ3) is 8.13. The minimum Gasteiger partial charge on any atom is -0.228 e. The predicted molar refractivity (Wildman–Crippen MR) is 301 cm³/mol. The van der Waals surface area contributed by atoms with Gasteiger partial charge in [-0.05, 0) is 104 Å². The Balaban J connectivity index is 0.954. The minimum atomic E-state index is -0.221. The fraction of sp³-hybridized carbons (Fsp3) is 0.103. The van der Waals surface area contributed by atoms with Gasteiger partial charge in [-0.3, -0.25) is 0 Å². The average Bonchev–Trinajstić information content (AvgIpc) is 3.79. The number of rotatable bonds is 10. The van der Waals surface area contributed by atoms with Crippen molar-refractivity contribution < 1.29 is 0 Å². The second-order valence-electron chi connectivity index (χ2n) is 20.2. The van der Waals surface area contributed by atoms with Gasteiger partial charge in [0.15, 0.2) is 23.3 Å². The molecule has 10 aromatic rings. The smallest absolute Gasteiger partial charge is 0.164 e. The summed E-state index contributed by atoms with van der Waals surface area (Å²) < 4.78 is 0. The lowest BCUT2D eigenvalue weighted by molar-refractivity contribution is 0.654. The highest BCUT2D eigenvalue weighted by atomic mass is 15.0. The minimum absolute atomic E-state index is 0.187. The Hall–Kier alpha value is -8.93. The highest BCUT2D eigenvalue weighted by Gasteiger charge is 2.37. The fourth-order valence-electron chi connectivity index (χ4n) is 11.0. The first-order chi connectivity index (χ1) is 35.5. The highest BCUT2D eigenvalue weighted by Crippen LogP contribution is 2.50. The summed E-state index contributed by atoms with van der Waals surface area (Å²) in [6, 6.07) is 72.5. The van der Waals surface area contributed by atoms with Gasteiger partial charge in [0.2, 0.25) is 0 Å². The summed E-state index contributed by atoms with van der Waals surface area (Å²) in [6.45, 7) is 15.7. The molecule has 0 unspecified atom stereocenters. The highest BCUT2D eigenvalue weighted by molar-refractivity contribution is 5.87. The quantitative estimate of drug-likeness (QED) is 0.128. The van der Waals surface area contributed by atoms with Crippen LogP contribution in [0.3, 0.4) is 0 Å². The van der Waals surface area contributed by atoms with Crippen LogP contribution in [0.5, 0.6) is 0 Å². The van der Waals surface area contributed by atoms with E-state index in [2.05, 4.69) is 229 Å². The van der Waals surface area contributed by atoms with E-state index in [4.69, 9.17) is 24.9 Å². The maximum absolute atomic E-state index is 5.31. The molecular formula is C68H53N5. The Morgan fingerprint density at radius 3 is 1.49 bits per heavy atom. The van der Waals surface area contributed by atoms with E-state index in [0.29, 0.717) is 23.3 Å². The normalized spacial score (nSPS) is 14.1. The molecule has 0 aliphatic heterocycles. The summed E-state index contributed by atoms with van der Waals surface area (Å²) in [6.07, 6.45) is 4.12. The molecule has 2 aliphatic rings. The monoisotopic (exact) mass is 939 g/mol. The van der Waals surface area contributed by atoms with Gasteiger partial charge < -0.3 is 0 Å². The van der Waals surface area contributed by atoms with E-state index in [-0.39, 0.29) is 10.8 Å². The van der Waals surface area contributed by atoms with Crippen molar-refractivity contribution in [3.8, 4) is 90.1 Å². The van der Waals surface area contributed by atoms with Gasteiger partial charge in [0.1, 0.15) is 0 Å². The van der Waals surface area contributed by atoms with Crippen molar-refractivity contribution >= 4 is 11.1 Å². The molecule has 0 saturated carbocycles. The van der Waals surface area contributed by atoms with Crippen molar-refractivity contribution in [1.82, 2.24) is 24.9 Å². The molecule has 2 heterocycles. The first-order valence-electron chi connectivity index (χ1n) is 25.0. The van der Waals surface area contributed by atoms with Gasteiger partial charge in [-0.1, -0.05) is 222 Å². The van der Waals surface area contributed by atoms with Gasteiger partial charge in [-0.25, -0.2) is 24.9 Å². The lowest BCUT2D eigenvalue weighted by atomic mass is 9.80. The van der Waals surface area contributed by atoms with Crippen molar-refractivity contribution in [1.29, 1.82) is 0 Å². The van der Waals surface area contributed by atoms with Crippen molar-refractivity contribution in [2.75, 3.05) is 0 Å². The summed E-state index contributed by atoms with van der Waals surface area (Å²) in [7, 11) is 0. The van der Waals surface area contributed by atoms with Crippen molar-refractivity contribution in [3.63, 3.8) is 0 Å². The van der Waals surface area contributed by atoms with E-state index in [0.717, 1.165) is 61.5 Å². The molecular weight excluding hydrogens is 887 g/mol. The third-order valence-electron chi connectivity index (χ3n) is 15.0. The molecule has 2 aromatic heterocycles. The van der Waals surface area contributed by atoms with Crippen molar-refractivity contribution in [2.24, 2.45) is 0 Å². The van der Waals surface area contributed by atoms with Crippen LogP contribution in [0.25, 0.3) is 101 Å². The molecule has 0 radical (unpaired) electrons. The van der Waals surface area contributed by atoms with E-state index < -0.39 is 0 Å². The second-order valence-corrected chi connectivity index (χ2v) is 20.2. The van der Waals surface area contributed by atoms with E-state index in [1.54, 1.807) is 0 Å². The summed E-state index contributed by atoms with van der Waals surface area (Å²) in [4.78, 5) is 26.2. The maximum atomic E-state index is 5.31.